The van der Waals surface area contributed by atoms with Crippen LogP contribution in [0.25, 0.3) is 0 Å². The van der Waals surface area contributed by atoms with Gasteiger partial charge >= 0.3 is 0 Å². The fourth-order valence-electron chi connectivity index (χ4n) is 2.03. The maximum Gasteiger partial charge on any atom is 0.156 e. The number of rotatable bonds is 6. The van der Waals surface area contributed by atoms with Gasteiger partial charge in [-0.2, -0.15) is 0 Å². The molecule has 0 saturated heterocycles. The van der Waals surface area contributed by atoms with Crippen LogP contribution < -0.4 is 0 Å². The van der Waals surface area contributed by atoms with Crippen molar-refractivity contribution in [3.63, 3.8) is 0 Å². The molecule has 2 aromatic rings. The van der Waals surface area contributed by atoms with Gasteiger partial charge in [0.1, 0.15) is 12.3 Å². The summed E-state index contributed by atoms with van der Waals surface area (Å²) in [5, 5.41) is 0. The van der Waals surface area contributed by atoms with E-state index in [1.54, 1.807) is 36.4 Å². The molecule has 0 aliphatic carbocycles. The Morgan fingerprint density at radius 1 is 0.714 bits per heavy atom. The number of sulfone groups is 1. The first kappa shape index (κ1) is 15.6. The third kappa shape index (κ3) is 4.63. The molecular formula is C16H16F2O2S. The number of halogens is 2. The van der Waals surface area contributed by atoms with E-state index in [0.717, 1.165) is 0 Å². The van der Waals surface area contributed by atoms with Gasteiger partial charge in [-0.1, -0.05) is 60.7 Å². The summed E-state index contributed by atoms with van der Waals surface area (Å²) in [5.74, 6) is -1.41. The SMILES string of the molecule is O=S(=O)(CC(F)c1ccccc1)CC(F)c1ccccc1. The predicted molar refractivity (Wildman–Crippen MR) is 79.2 cm³/mol. The quantitative estimate of drug-likeness (QED) is 0.813. The Kier molecular flexibility index (Phi) is 5.07. The third-order valence-electron chi connectivity index (χ3n) is 3.12. The molecule has 2 unspecified atom stereocenters. The summed E-state index contributed by atoms with van der Waals surface area (Å²) < 4.78 is 51.8. The molecule has 112 valence electrons. The maximum atomic E-state index is 14.0. The first-order valence-electron chi connectivity index (χ1n) is 6.56. The highest BCUT2D eigenvalue weighted by molar-refractivity contribution is 7.91. The molecule has 0 N–H and O–H groups in total. The zero-order valence-corrected chi connectivity index (χ0v) is 12.1. The molecule has 21 heavy (non-hydrogen) atoms. The first-order chi connectivity index (χ1) is 9.98. The second-order valence-electron chi connectivity index (χ2n) is 4.83. The molecule has 2 rings (SSSR count). The zero-order chi connectivity index (χ0) is 15.3. The average molecular weight is 310 g/mol. The van der Waals surface area contributed by atoms with Gasteiger partial charge in [0.2, 0.25) is 0 Å². The summed E-state index contributed by atoms with van der Waals surface area (Å²) in [6.07, 6.45) is -3.28. The third-order valence-corrected chi connectivity index (χ3v) is 4.72. The number of alkyl halides is 2. The molecule has 0 aliphatic heterocycles. The van der Waals surface area contributed by atoms with Gasteiger partial charge in [-0.15, -0.1) is 0 Å². The van der Waals surface area contributed by atoms with Crippen LogP contribution in [-0.2, 0) is 9.84 Å². The van der Waals surface area contributed by atoms with Gasteiger partial charge in [0.05, 0.1) is 11.5 Å². The topological polar surface area (TPSA) is 34.1 Å². The molecule has 0 heterocycles. The van der Waals surface area contributed by atoms with Crippen LogP contribution in [0.4, 0.5) is 8.78 Å². The average Bonchev–Trinajstić information content (AvgIpc) is 2.48. The Morgan fingerprint density at radius 2 is 1.05 bits per heavy atom. The molecule has 0 radical (unpaired) electrons. The Labute approximate surface area is 123 Å². The Balaban J connectivity index is 2.02. The number of benzene rings is 2. The lowest BCUT2D eigenvalue weighted by atomic mass is 10.1. The summed E-state index contributed by atoms with van der Waals surface area (Å²) in [5.41, 5.74) is 0.576. The molecule has 5 heteroatoms. The Bertz CT molecular complexity index is 604. The molecule has 0 fully saturated rings. The van der Waals surface area contributed by atoms with E-state index >= 15 is 0 Å². The molecule has 2 nitrogen and oxygen atoms in total. The van der Waals surface area contributed by atoms with Crippen LogP contribution in [-0.4, -0.2) is 19.9 Å². The number of hydrogen-bond donors (Lipinski definition) is 0. The minimum absolute atomic E-state index is 0.288. The fraction of sp³-hybridized carbons (Fsp3) is 0.250. The highest BCUT2D eigenvalue weighted by atomic mass is 32.2. The summed E-state index contributed by atoms with van der Waals surface area (Å²) in [4.78, 5) is 0. The van der Waals surface area contributed by atoms with E-state index in [4.69, 9.17) is 0 Å². The molecule has 0 saturated carbocycles. The van der Waals surface area contributed by atoms with Gasteiger partial charge in [-0.3, -0.25) is 0 Å². The van der Waals surface area contributed by atoms with Crippen molar-refractivity contribution in [1.29, 1.82) is 0 Å². The normalized spacial score (nSPS) is 14.6. The maximum absolute atomic E-state index is 14.0. The lowest BCUT2D eigenvalue weighted by Crippen LogP contribution is -2.18. The Morgan fingerprint density at radius 3 is 1.38 bits per heavy atom. The van der Waals surface area contributed by atoms with E-state index in [1.807, 2.05) is 0 Å². The smallest absolute Gasteiger partial charge is 0.156 e. The molecule has 0 amide bonds. The summed E-state index contributed by atoms with van der Waals surface area (Å²) in [6.45, 7) is 0. The van der Waals surface area contributed by atoms with Crippen molar-refractivity contribution in [3.8, 4) is 0 Å². The van der Waals surface area contributed by atoms with Crippen LogP contribution in [0.5, 0.6) is 0 Å². The van der Waals surface area contributed by atoms with Gasteiger partial charge in [0.15, 0.2) is 9.84 Å². The van der Waals surface area contributed by atoms with Gasteiger partial charge < -0.3 is 0 Å². The Hall–Kier alpha value is -1.75. The molecule has 2 aromatic carbocycles. The van der Waals surface area contributed by atoms with Crippen molar-refractivity contribution in [2.45, 2.75) is 12.3 Å². The summed E-state index contributed by atoms with van der Waals surface area (Å²) >= 11 is 0. The molecule has 0 aliphatic rings. The van der Waals surface area contributed by atoms with E-state index in [-0.39, 0.29) is 11.1 Å². The predicted octanol–water partition coefficient (Wildman–Crippen LogP) is 3.82. The summed E-state index contributed by atoms with van der Waals surface area (Å²) in [6, 6.07) is 16.1. The fourth-order valence-corrected chi connectivity index (χ4v) is 3.44. The zero-order valence-electron chi connectivity index (χ0n) is 11.3. The molecule has 2 atom stereocenters. The second kappa shape index (κ2) is 6.80. The van der Waals surface area contributed by atoms with Gasteiger partial charge in [0.25, 0.3) is 0 Å². The van der Waals surface area contributed by atoms with E-state index < -0.39 is 33.7 Å². The molecule has 0 aromatic heterocycles. The van der Waals surface area contributed by atoms with E-state index in [0.29, 0.717) is 0 Å². The van der Waals surface area contributed by atoms with Crippen LogP contribution in [0, 0.1) is 0 Å². The summed E-state index contributed by atoms with van der Waals surface area (Å²) in [7, 11) is -3.83. The van der Waals surface area contributed by atoms with E-state index in [2.05, 4.69) is 0 Å². The lowest BCUT2D eigenvalue weighted by Gasteiger charge is -2.12. The largest absolute Gasteiger partial charge is 0.241 e. The standard InChI is InChI=1S/C16H16F2O2S/c17-15(13-7-3-1-4-8-13)11-21(19,20)12-16(18)14-9-5-2-6-10-14/h1-10,15-16H,11-12H2. The van der Waals surface area contributed by atoms with Gasteiger partial charge in [-0.05, 0) is 11.1 Å². The minimum Gasteiger partial charge on any atom is -0.241 e. The van der Waals surface area contributed by atoms with Crippen LogP contribution >= 0.6 is 0 Å². The van der Waals surface area contributed by atoms with Crippen LogP contribution in [0.15, 0.2) is 60.7 Å². The minimum atomic E-state index is -3.83. The van der Waals surface area contributed by atoms with Crippen molar-refractivity contribution >= 4 is 9.84 Å². The number of hydrogen-bond acceptors (Lipinski definition) is 2. The van der Waals surface area contributed by atoms with E-state index in [9.17, 15) is 17.2 Å². The van der Waals surface area contributed by atoms with Crippen molar-refractivity contribution in [2.75, 3.05) is 11.5 Å². The van der Waals surface area contributed by atoms with Gasteiger partial charge in [0, 0.05) is 0 Å². The lowest BCUT2D eigenvalue weighted by molar-refractivity contribution is 0.361. The van der Waals surface area contributed by atoms with Crippen molar-refractivity contribution in [3.05, 3.63) is 71.8 Å². The van der Waals surface area contributed by atoms with Crippen molar-refractivity contribution in [2.24, 2.45) is 0 Å². The van der Waals surface area contributed by atoms with Crippen LogP contribution in [0.3, 0.4) is 0 Å². The molecular weight excluding hydrogens is 294 g/mol. The van der Waals surface area contributed by atoms with Crippen LogP contribution in [0.2, 0.25) is 0 Å². The highest BCUT2D eigenvalue weighted by Crippen LogP contribution is 2.24. The molecule has 0 bridgehead atoms. The second-order valence-corrected chi connectivity index (χ2v) is 6.99. The van der Waals surface area contributed by atoms with Crippen molar-refractivity contribution < 1.29 is 17.2 Å². The van der Waals surface area contributed by atoms with Crippen LogP contribution in [0.1, 0.15) is 23.5 Å². The van der Waals surface area contributed by atoms with Crippen molar-refractivity contribution in [1.82, 2.24) is 0 Å². The van der Waals surface area contributed by atoms with Gasteiger partial charge in [-0.25, -0.2) is 17.2 Å². The molecule has 0 spiro atoms. The monoisotopic (exact) mass is 310 g/mol. The highest BCUT2D eigenvalue weighted by Gasteiger charge is 2.25. The first-order valence-corrected chi connectivity index (χ1v) is 8.38. The van der Waals surface area contributed by atoms with E-state index in [1.165, 1.54) is 24.3 Å².